The molecule has 1 aliphatic heterocycles. The van der Waals surface area contributed by atoms with E-state index in [2.05, 4.69) is 30.4 Å². The molecule has 1 fully saturated rings. The summed E-state index contributed by atoms with van der Waals surface area (Å²) in [6.45, 7) is 2.81. The van der Waals surface area contributed by atoms with Gasteiger partial charge in [-0.25, -0.2) is 4.98 Å². The second kappa shape index (κ2) is 8.13. The molecule has 27 heavy (non-hydrogen) atoms. The third kappa shape index (κ3) is 4.40. The van der Waals surface area contributed by atoms with Gasteiger partial charge in [-0.1, -0.05) is 0 Å². The van der Waals surface area contributed by atoms with Gasteiger partial charge in [0.15, 0.2) is 5.82 Å². The fourth-order valence-corrected chi connectivity index (χ4v) is 3.36. The molecule has 140 valence electrons. The monoisotopic (exact) mass is 366 g/mol. The molecule has 8 heteroatoms. The summed E-state index contributed by atoms with van der Waals surface area (Å²) in [6, 6.07) is 7.55. The third-order valence-corrected chi connectivity index (χ3v) is 4.74. The lowest BCUT2D eigenvalue weighted by Crippen LogP contribution is -2.42. The average molecular weight is 366 g/mol. The van der Waals surface area contributed by atoms with Crippen molar-refractivity contribution in [3.8, 4) is 11.4 Å². The molecule has 3 aromatic heterocycles. The maximum Gasteiger partial charge on any atom is 0.224 e. The van der Waals surface area contributed by atoms with Crippen LogP contribution in [0.15, 0.2) is 47.3 Å². The van der Waals surface area contributed by atoms with Crippen LogP contribution < -0.4 is 5.32 Å². The van der Waals surface area contributed by atoms with Crippen LogP contribution in [0.1, 0.15) is 24.4 Å². The summed E-state index contributed by atoms with van der Waals surface area (Å²) >= 11 is 0. The van der Waals surface area contributed by atoms with Crippen LogP contribution in [0, 0.1) is 5.92 Å². The number of pyridine rings is 1. The van der Waals surface area contributed by atoms with Crippen LogP contribution in [-0.4, -0.2) is 44.1 Å². The number of rotatable bonds is 6. The van der Waals surface area contributed by atoms with Crippen LogP contribution in [0.2, 0.25) is 0 Å². The van der Waals surface area contributed by atoms with Gasteiger partial charge in [0.2, 0.25) is 5.91 Å². The molecule has 0 saturated carbocycles. The van der Waals surface area contributed by atoms with E-state index in [1.807, 2.05) is 24.3 Å². The standard InChI is InChI=1S/C19H22N6O2/c26-19(15-3-1-9-25(12-15)13-16-4-2-10-27-16)21-11-17-22-18(24-23-17)14-5-7-20-8-6-14/h2,4-8,10,15H,1,3,9,11-13H2,(H,21,26)(H,22,23,24)/t15-/m0/s1. The van der Waals surface area contributed by atoms with Crippen LogP contribution in [-0.2, 0) is 17.9 Å². The van der Waals surface area contributed by atoms with Crippen molar-refractivity contribution in [1.29, 1.82) is 0 Å². The first-order valence-corrected chi connectivity index (χ1v) is 9.12. The van der Waals surface area contributed by atoms with E-state index < -0.39 is 0 Å². The Balaban J connectivity index is 1.29. The summed E-state index contributed by atoms with van der Waals surface area (Å²) in [5.41, 5.74) is 0.889. The number of likely N-dealkylation sites (tertiary alicyclic amines) is 1. The van der Waals surface area contributed by atoms with Gasteiger partial charge in [0.25, 0.3) is 0 Å². The Hall–Kier alpha value is -3.00. The Labute approximate surface area is 157 Å². The first-order valence-electron chi connectivity index (χ1n) is 9.12. The number of piperidine rings is 1. The number of aromatic amines is 1. The summed E-state index contributed by atoms with van der Waals surface area (Å²) in [6.07, 6.45) is 6.99. The molecular weight excluding hydrogens is 344 g/mol. The number of aromatic nitrogens is 4. The molecule has 1 atom stereocenters. The minimum Gasteiger partial charge on any atom is -0.468 e. The van der Waals surface area contributed by atoms with Crippen molar-refractivity contribution >= 4 is 5.91 Å². The predicted octanol–water partition coefficient (Wildman–Crippen LogP) is 1.99. The van der Waals surface area contributed by atoms with Gasteiger partial charge in [-0.2, -0.15) is 5.10 Å². The molecular formula is C19H22N6O2. The lowest BCUT2D eigenvalue weighted by molar-refractivity contribution is -0.127. The number of hydrogen-bond donors (Lipinski definition) is 2. The van der Waals surface area contributed by atoms with Gasteiger partial charge < -0.3 is 9.73 Å². The number of H-pyrrole nitrogens is 1. The Morgan fingerprint density at radius 3 is 3.04 bits per heavy atom. The molecule has 0 unspecified atom stereocenters. The Morgan fingerprint density at radius 2 is 2.22 bits per heavy atom. The van der Waals surface area contributed by atoms with E-state index >= 15 is 0 Å². The highest BCUT2D eigenvalue weighted by Crippen LogP contribution is 2.19. The smallest absolute Gasteiger partial charge is 0.224 e. The van der Waals surface area contributed by atoms with Crippen molar-refractivity contribution < 1.29 is 9.21 Å². The second-order valence-electron chi connectivity index (χ2n) is 6.71. The lowest BCUT2D eigenvalue weighted by atomic mass is 9.97. The van der Waals surface area contributed by atoms with E-state index in [4.69, 9.17) is 4.42 Å². The number of carbonyl (C=O) groups excluding carboxylic acids is 1. The molecule has 0 aromatic carbocycles. The zero-order valence-electron chi connectivity index (χ0n) is 15.0. The zero-order chi connectivity index (χ0) is 18.5. The highest BCUT2D eigenvalue weighted by atomic mass is 16.3. The van der Waals surface area contributed by atoms with E-state index in [-0.39, 0.29) is 11.8 Å². The summed E-state index contributed by atoms with van der Waals surface area (Å²) in [4.78, 5) is 23.2. The van der Waals surface area contributed by atoms with E-state index in [0.717, 1.165) is 43.8 Å². The topological polar surface area (TPSA) is 99.9 Å². The summed E-state index contributed by atoms with van der Waals surface area (Å²) in [5, 5.41) is 10.1. The van der Waals surface area contributed by atoms with Gasteiger partial charge in [0.1, 0.15) is 11.6 Å². The normalized spacial score (nSPS) is 17.7. The minimum absolute atomic E-state index is 0.0173. The van der Waals surface area contributed by atoms with Crippen molar-refractivity contribution in [2.45, 2.75) is 25.9 Å². The van der Waals surface area contributed by atoms with Crippen LogP contribution in [0.25, 0.3) is 11.4 Å². The van der Waals surface area contributed by atoms with E-state index in [0.29, 0.717) is 18.2 Å². The molecule has 0 radical (unpaired) electrons. The molecule has 1 saturated heterocycles. The first-order chi connectivity index (χ1) is 13.3. The number of nitrogens with zero attached hydrogens (tertiary/aromatic N) is 4. The highest BCUT2D eigenvalue weighted by molar-refractivity contribution is 5.78. The highest BCUT2D eigenvalue weighted by Gasteiger charge is 2.26. The number of amides is 1. The fraction of sp³-hybridized carbons (Fsp3) is 0.368. The van der Waals surface area contributed by atoms with Crippen molar-refractivity contribution in [2.24, 2.45) is 5.92 Å². The van der Waals surface area contributed by atoms with E-state index in [9.17, 15) is 4.79 Å². The quantitative estimate of drug-likeness (QED) is 0.692. The average Bonchev–Trinajstić information content (AvgIpc) is 3.39. The molecule has 4 rings (SSSR count). The van der Waals surface area contributed by atoms with Crippen LogP contribution in [0.4, 0.5) is 0 Å². The molecule has 4 heterocycles. The molecule has 8 nitrogen and oxygen atoms in total. The predicted molar refractivity (Wildman–Crippen MR) is 98.2 cm³/mol. The van der Waals surface area contributed by atoms with Crippen LogP contribution in [0.3, 0.4) is 0 Å². The van der Waals surface area contributed by atoms with Crippen molar-refractivity contribution in [2.75, 3.05) is 13.1 Å². The third-order valence-electron chi connectivity index (χ3n) is 4.74. The van der Waals surface area contributed by atoms with E-state index in [1.165, 1.54) is 0 Å². The molecule has 2 N–H and O–H groups in total. The van der Waals surface area contributed by atoms with Crippen LogP contribution >= 0.6 is 0 Å². The number of nitrogens with one attached hydrogen (secondary N) is 2. The molecule has 0 bridgehead atoms. The number of hydrogen-bond acceptors (Lipinski definition) is 6. The second-order valence-corrected chi connectivity index (χ2v) is 6.71. The number of carbonyl (C=O) groups is 1. The Morgan fingerprint density at radius 1 is 1.33 bits per heavy atom. The van der Waals surface area contributed by atoms with Gasteiger partial charge in [-0.05, 0) is 43.7 Å². The van der Waals surface area contributed by atoms with Crippen LogP contribution in [0.5, 0.6) is 0 Å². The summed E-state index contributed by atoms with van der Waals surface area (Å²) in [5.74, 6) is 2.21. The maximum atomic E-state index is 12.6. The molecule has 3 aromatic rings. The largest absolute Gasteiger partial charge is 0.468 e. The van der Waals surface area contributed by atoms with Gasteiger partial charge >= 0.3 is 0 Å². The minimum atomic E-state index is -0.0173. The fourth-order valence-electron chi connectivity index (χ4n) is 3.36. The van der Waals surface area contributed by atoms with Gasteiger partial charge in [0, 0.05) is 24.5 Å². The Kier molecular flexibility index (Phi) is 5.24. The van der Waals surface area contributed by atoms with Crippen molar-refractivity contribution in [3.05, 3.63) is 54.5 Å². The molecule has 1 amide bonds. The molecule has 1 aliphatic rings. The number of furan rings is 1. The maximum absolute atomic E-state index is 12.6. The molecule has 0 aliphatic carbocycles. The lowest BCUT2D eigenvalue weighted by Gasteiger charge is -2.31. The molecule has 0 spiro atoms. The van der Waals surface area contributed by atoms with Gasteiger partial charge in [0.05, 0.1) is 25.3 Å². The van der Waals surface area contributed by atoms with Crippen molar-refractivity contribution in [1.82, 2.24) is 30.4 Å². The zero-order valence-corrected chi connectivity index (χ0v) is 15.0. The summed E-state index contributed by atoms with van der Waals surface area (Å²) < 4.78 is 5.41. The Bertz CT molecular complexity index is 861. The first kappa shape index (κ1) is 17.4. The van der Waals surface area contributed by atoms with Gasteiger partial charge in [-0.3, -0.25) is 19.8 Å². The van der Waals surface area contributed by atoms with E-state index in [1.54, 1.807) is 18.7 Å². The summed E-state index contributed by atoms with van der Waals surface area (Å²) in [7, 11) is 0. The SMILES string of the molecule is O=C(NCc1nc(-c2ccncc2)n[nH]1)[C@H]1CCCN(Cc2ccco2)C1. The van der Waals surface area contributed by atoms with Gasteiger partial charge in [-0.15, -0.1) is 0 Å². The van der Waals surface area contributed by atoms with Crippen molar-refractivity contribution in [3.63, 3.8) is 0 Å².